The lowest BCUT2D eigenvalue weighted by atomic mass is 10.1. The molecule has 0 atom stereocenters. The monoisotopic (exact) mass is 592 g/mol. The fourth-order valence-electron chi connectivity index (χ4n) is 7.04. The zero-order valence-electron chi connectivity index (χ0n) is 24.9. The summed E-state index contributed by atoms with van der Waals surface area (Å²) < 4.78 is 0. The van der Waals surface area contributed by atoms with Crippen LogP contribution in [-0.4, -0.2) is 8.07 Å². The van der Waals surface area contributed by atoms with Gasteiger partial charge in [0, 0.05) is 34.1 Å². The molecule has 0 N–H and O–H groups in total. The maximum absolute atomic E-state index is 2.73. The maximum atomic E-state index is 2.47. The van der Waals surface area contributed by atoms with E-state index in [1.807, 2.05) is 0 Å². The summed E-state index contributed by atoms with van der Waals surface area (Å²) >= 11 is 0. The van der Waals surface area contributed by atoms with Crippen LogP contribution in [-0.2, 0) is 0 Å². The van der Waals surface area contributed by atoms with Crippen LogP contribution in [0.1, 0.15) is 0 Å². The van der Waals surface area contributed by atoms with Crippen molar-refractivity contribution in [2.75, 3.05) is 9.80 Å². The Morgan fingerprint density at radius 3 is 1.36 bits per heavy atom. The third-order valence-corrected chi connectivity index (χ3v) is 13.8. The highest BCUT2D eigenvalue weighted by molar-refractivity contribution is 7.21. The summed E-state index contributed by atoms with van der Waals surface area (Å²) in [5.41, 5.74) is 6.97. The second-order valence-corrected chi connectivity index (χ2v) is 15.1. The van der Waals surface area contributed by atoms with Crippen molar-refractivity contribution in [2.24, 2.45) is 0 Å². The van der Waals surface area contributed by atoms with Gasteiger partial charge in [-0.15, -0.1) is 0 Å². The van der Waals surface area contributed by atoms with Gasteiger partial charge in [-0.2, -0.15) is 0 Å². The molecule has 2 nitrogen and oxygen atoms in total. The number of para-hydroxylation sites is 4. The van der Waals surface area contributed by atoms with Crippen LogP contribution >= 0.6 is 0 Å². The van der Waals surface area contributed by atoms with E-state index >= 15 is 0 Å². The van der Waals surface area contributed by atoms with Gasteiger partial charge < -0.3 is 9.80 Å². The van der Waals surface area contributed by atoms with Gasteiger partial charge in [0.25, 0.3) is 0 Å². The minimum absolute atomic E-state index is 1.12. The second kappa shape index (κ2) is 11.5. The van der Waals surface area contributed by atoms with Crippen LogP contribution in [0.2, 0.25) is 0 Å². The summed E-state index contributed by atoms with van der Waals surface area (Å²) in [6.07, 6.45) is 0. The molecule has 214 valence electrons. The van der Waals surface area contributed by atoms with Crippen molar-refractivity contribution in [3.8, 4) is 0 Å². The lowest BCUT2D eigenvalue weighted by molar-refractivity contribution is 1.25. The molecular formula is C42H32N2Si. The van der Waals surface area contributed by atoms with Gasteiger partial charge in [-0.3, -0.25) is 0 Å². The first kappa shape index (κ1) is 26.9. The number of anilines is 6. The van der Waals surface area contributed by atoms with Crippen molar-refractivity contribution >= 4 is 62.9 Å². The highest BCUT2D eigenvalue weighted by Gasteiger charge is 2.48. The summed E-state index contributed by atoms with van der Waals surface area (Å²) in [5, 5.41) is 5.54. The second-order valence-electron chi connectivity index (χ2n) is 11.4. The fraction of sp³-hybridized carbons (Fsp3) is 0. The van der Waals surface area contributed by atoms with Gasteiger partial charge in [0.1, 0.15) is 0 Å². The number of hydrogen-bond acceptors (Lipinski definition) is 2. The first-order valence-electron chi connectivity index (χ1n) is 15.5. The molecule has 1 aliphatic rings. The quantitative estimate of drug-likeness (QED) is 0.179. The van der Waals surface area contributed by atoms with E-state index in [2.05, 4.69) is 204 Å². The molecule has 0 amide bonds. The van der Waals surface area contributed by atoms with Crippen molar-refractivity contribution in [1.82, 2.24) is 0 Å². The number of benzene rings is 7. The molecule has 3 heteroatoms. The minimum atomic E-state index is -2.73. The van der Waals surface area contributed by atoms with Crippen molar-refractivity contribution < 1.29 is 0 Å². The van der Waals surface area contributed by atoms with Crippen LogP contribution in [0.25, 0.3) is 0 Å². The number of nitrogens with zero attached hydrogens (tertiary/aromatic N) is 2. The van der Waals surface area contributed by atoms with E-state index in [1.165, 1.54) is 32.1 Å². The van der Waals surface area contributed by atoms with Crippen molar-refractivity contribution in [3.05, 3.63) is 194 Å². The third kappa shape index (κ3) is 4.48. The molecule has 0 unspecified atom stereocenters. The van der Waals surface area contributed by atoms with E-state index in [0.29, 0.717) is 0 Å². The van der Waals surface area contributed by atoms with Crippen molar-refractivity contribution in [3.63, 3.8) is 0 Å². The van der Waals surface area contributed by atoms with Gasteiger partial charge in [-0.05, 0) is 75.3 Å². The van der Waals surface area contributed by atoms with Crippen LogP contribution in [0.4, 0.5) is 34.1 Å². The number of rotatable bonds is 6. The van der Waals surface area contributed by atoms with Crippen LogP contribution in [0.5, 0.6) is 0 Å². The first-order valence-corrected chi connectivity index (χ1v) is 17.5. The van der Waals surface area contributed by atoms with Gasteiger partial charge in [-0.25, -0.2) is 0 Å². The molecule has 45 heavy (non-hydrogen) atoms. The molecule has 1 heterocycles. The molecule has 0 saturated heterocycles. The molecule has 0 radical (unpaired) electrons. The summed E-state index contributed by atoms with van der Waals surface area (Å²) in [5.74, 6) is 0. The zero-order valence-corrected chi connectivity index (χ0v) is 25.9. The average molecular weight is 593 g/mol. The predicted molar refractivity (Wildman–Crippen MR) is 193 cm³/mol. The number of hydrogen-bond donors (Lipinski definition) is 0. The molecule has 0 aliphatic carbocycles. The van der Waals surface area contributed by atoms with Gasteiger partial charge in [0.15, 0.2) is 8.07 Å². The Morgan fingerprint density at radius 1 is 0.356 bits per heavy atom. The molecule has 0 aromatic heterocycles. The molecule has 0 saturated carbocycles. The largest absolute Gasteiger partial charge is 0.311 e. The first-order chi connectivity index (χ1) is 22.4. The highest BCUT2D eigenvalue weighted by atomic mass is 28.3. The predicted octanol–water partition coefficient (Wildman–Crippen LogP) is 8.32. The minimum Gasteiger partial charge on any atom is -0.311 e. The van der Waals surface area contributed by atoms with Gasteiger partial charge >= 0.3 is 0 Å². The Bertz CT molecular complexity index is 1970. The molecule has 8 rings (SSSR count). The molecular weight excluding hydrogens is 561 g/mol. The summed E-state index contributed by atoms with van der Waals surface area (Å²) in [4.78, 5) is 4.83. The Morgan fingerprint density at radius 2 is 0.800 bits per heavy atom. The normalized spacial score (nSPS) is 13.0. The Labute approximate surface area is 266 Å². The van der Waals surface area contributed by atoms with Gasteiger partial charge in [-0.1, -0.05) is 140 Å². The number of fused-ring (bicyclic) bond motifs is 2. The van der Waals surface area contributed by atoms with Crippen LogP contribution < -0.4 is 30.5 Å². The van der Waals surface area contributed by atoms with E-state index in [0.717, 1.165) is 22.7 Å². The van der Waals surface area contributed by atoms with Crippen LogP contribution in [0.3, 0.4) is 0 Å². The molecule has 0 spiro atoms. The van der Waals surface area contributed by atoms with E-state index in [9.17, 15) is 0 Å². The third-order valence-electron chi connectivity index (χ3n) is 8.89. The Kier molecular flexibility index (Phi) is 6.86. The highest BCUT2D eigenvalue weighted by Crippen LogP contribution is 2.42. The Balaban J connectivity index is 1.48. The Hall–Kier alpha value is -5.64. The lowest BCUT2D eigenvalue weighted by Crippen LogP contribution is -2.77. The molecule has 1 aliphatic heterocycles. The summed E-state index contributed by atoms with van der Waals surface area (Å²) in [7, 11) is -2.73. The zero-order chi connectivity index (χ0) is 30.1. The van der Waals surface area contributed by atoms with Gasteiger partial charge in [0.05, 0.1) is 0 Å². The smallest absolute Gasteiger partial charge is 0.184 e. The molecule has 0 bridgehead atoms. The lowest BCUT2D eigenvalue weighted by Gasteiger charge is -2.45. The average Bonchev–Trinajstić information content (AvgIpc) is 3.13. The van der Waals surface area contributed by atoms with Crippen LogP contribution in [0, 0.1) is 0 Å². The summed E-state index contributed by atoms with van der Waals surface area (Å²) in [6, 6.07) is 70.7. The van der Waals surface area contributed by atoms with Gasteiger partial charge in [0.2, 0.25) is 0 Å². The van der Waals surface area contributed by atoms with Crippen LogP contribution in [0.15, 0.2) is 194 Å². The molecule has 0 fully saturated rings. The van der Waals surface area contributed by atoms with E-state index in [1.54, 1.807) is 0 Å². The van der Waals surface area contributed by atoms with E-state index in [-0.39, 0.29) is 0 Å². The summed E-state index contributed by atoms with van der Waals surface area (Å²) in [6.45, 7) is 0. The molecule has 7 aromatic carbocycles. The van der Waals surface area contributed by atoms with E-state index in [4.69, 9.17) is 0 Å². The maximum Gasteiger partial charge on any atom is 0.184 e. The fourth-order valence-corrected chi connectivity index (χ4v) is 12.1. The SMILES string of the molecule is c1ccc(N(c2ccccc2)c2ccc3c(c2)N(c2ccccc2)c2ccccc2[Si]3(c2ccccc2)c2ccccc2)cc1. The van der Waals surface area contributed by atoms with E-state index < -0.39 is 8.07 Å². The standard InChI is InChI=1S/C42H32N2Si/c1-6-18-33(19-7-1)43(34-20-8-2-9-21-34)36-30-31-42-40(32-36)44(35-22-10-3-11-23-35)39-28-16-17-29-41(39)45(42,37-24-12-4-13-25-37)38-26-14-5-15-27-38/h1-32H. The molecule has 7 aromatic rings. The van der Waals surface area contributed by atoms with Crippen molar-refractivity contribution in [1.29, 1.82) is 0 Å². The van der Waals surface area contributed by atoms with Crippen molar-refractivity contribution in [2.45, 2.75) is 0 Å². The topological polar surface area (TPSA) is 6.48 Å².